The van der Waals surface area contributed by atoms with E-state index in [1.165, 1.54) is 12.0 Å². The summed E-state index contributed by atoms with van der Waals surface area (Å²) in [7, 11) is 0. The smallest absolute Gasteiger partial charge is 0.0205 e. The Morgan fingerprint density at radius 2 is 1.69 bits per heavy atom. The second-order valence-electron chi connectivity index (χ2n) is 5.19. The molecule has 1 aromatic rings. The molecule has 1 rings (SSSR count). The number of hydrogen-bond acceptors (Lipinski definition) is 2. The van der Waals surface area contributed by atoms with E-state index < -0.39 is 0 Å². The molecule has 16 heavy (non-hydrogen) atoms. The van der Waals surface area contributed by atoms with Crippen molar-refractivity contribution in [1.29, 1.82) is 0 Å². The lowest BCUT2D eigenvalue weighted by Gasteiger charge is -2.20. The molecule has 1 aromatic carbocycles. The Balaban J connectivity index is 2.01. The van der Waals surface area contributed by atoms with Gasteiger partial charge in [-0.25, -0.2) is 0 Å². The first-order chi connectivity index (χ1) is 7.58. The maximum atomic E-state index is 3.48. The molecule has 2 heteroatoms. The zero-order valence-corrected chi connectivity index (χ0v) is 10.7. The number of hydrogen-bond donors (Lipinski definition) is 2. The van der Waals surface area contributed by atoms with E-state index >= 15 is 0 Å². The lowest BCUT2D eigenvalue weighted by Crippen LogP contribution is -2.37. The fraction of sp³-hybridized carbons (Fsp3) is 0.571. The molecule has 90 valence electrons. The van der Waals surface area contributed by atoms with Gasteiger partial charge in [0.1, 0.15) is 0 Å². The molecular formula is C14H24N2. The van der Waals surface area contributed by atoms with Crippen molar-refractivity contribution in [2.45, 2.75) is 39.3 Å². The van der Waals surface area contributed by atoms with Gasteiger partial charge in [-0.3, -0.25) is 0 Å². The van der Waals surface area contributed by atoms with Crippen molar-refractivity contribution in [3.05, 3.63) is 35.9 Å². The first-order valence-corrected chi connectivity index (χ1v) is 6.07. The highest BCUT2D eigenvalue weighted by Gasteiger charge is 2.06. The van der Waals surface area contributed by atoms with Crippen molar-refractivity contribution >= 4 is 0 Å². The minimum absolute atomic E-state index is 0.236. The molecule has 0 heterocycles. The monoisotopic (exact) mass is 220 g/mol. The standard InChI is InChI=1S/C14H24N2/c1-14(2,3)16-11-7-10-15-12-13-8-5-4-6-9-13/h4-6,8-9,15-16H,7,10-12H2,1-3H3. The molecule has 2 nitrogen and oxygen atoms in total. The van der Waals surface area contributed by atoms with Gasteiger partial charge in [0, 0.05) is 12.1 Å². The van der Waals surface area contributed by atoms with Crippen molar-refractivity contribution in [3.63, 3.8) is 0 Å². The maximum absolute atomic E-state index is 3.48. The van der Waals surface area contributed by atoms with Crippen molar-refractivity contribution in [2.24, 2.45) is 0 Å². The third kappa shape index (κ3) is 6.59. The molecule has 0 bridgehead atoms. The van der Waals surface area contributed by atoms with E-state index in [1.807, 2.05) is 0 Å². The Kier molecular flexibility index (Phi) is 5.50. The largest absolute Gasteiger partial charge is 0.313 e. The van der Waals surface area contributed by atoms with Crippen LogP contribution in [0.1, 0.15) is 32.8 Å². The van der Waals surface area contributed by atoms with Crippen molar-refractivity contribution in [1.82, 2.24) is 10.6 Å². The molecule has 0 aliphatic carbocycles. The van der Waals surface area contributed by atoms with E-state index in [4.69, 9.17) is 0 Å². The Bertz CT molecular complexity index is 275. The van der Waals surface area contributed by atoms with Crippen LogP contribution >= 0.6 is 0 Å². The molecule has 0 unspecified atom stereocenters. The summed E-state index contributed by atoms with van der Waals surface area (Å²) < 4.78 is 0. The number of benzene rings is 1. The summed E-state index contributed by atoms with van der Waals surface area (Å²) in [5.74, 6) is 0. The number of rotatable bonds is 6. The molecule has 0 saturated carbocycles. The molecule has 0 spiro atoms. The summed E-state index contributed by atoms with van der Waals surface area (Å²) in [4.78, 5) is 0. The van der Waals surface area contributed by atoms with E-state index in [-0.39, 0.29) is 5.54 Å². The van der Waals surface area contributed by atoms with Crippen LogP contribution < -0.4 is 10.6 Å². The average molecular weight is 220 g/mol. The van der Waals surface area contributed by atoms with E-state index in [1.54, 1.807) is 0 Å². The predicted molar refractivity (Wildman–Crippen MR) is 70.5 cm³/mol. The van der Waals surface area contributed by atoms with E-state index in [0.29, 0.717) is 0 Å². The van der Waals surface area contributed by atoms with Gasteiger partial charge in [-0.1, -0.05) is 30.3 Å². The maximum Gasteiger partial charge on any atom is 0.0205 e. The first-order valence-electron chi connectivity index (χ1n) is 6.07. The van der Waals surface area contributed by atoms with Crippen molar-refractivity contribution in [3.8, 4) is 0 Å². The van der Waals surface area contributed by atoms with Gasteiger partial charge in [-0.2, -0.15) is 0 Å². The molecule has 0 aromatic heterocycles. The van der Waals surface area contributed by atoms with E-state index in [2.05, 4.69) is 61.7 Å². The first kappa shape index (κ1) is 13.2. The van der Waals surface area contributed by atoms with Crippen LogP contribution in [0.25, 0.3) is 0 Å². The van der Waals surface area contributed by atoms with Gasteiger partial charge in [0.05, 0.1) is 0 Å². The van der Waals surface area contributed by atoms with Crippen LogP contribution in [-0.4, -0.2) is 18.6 Å². The molecule has 0 saturated heterocycles. The zero-order valence-electron chi connectivity index (χ0n) is 10.7. The van der Waals surface area contributed by atoms with Crippen molar-refractivity contribution in [2.75, 3.05) is 13.1 Å². The molecule has 2 N–H and O–H groups in total. The summed E-state index contributed by atoms with van der Waals surface area (Å²) in [5.41, 5.74) is 1.59. The van der Waals surface area contributed by atoms with E-state index in [0.717, 1.165) is 19.6 Å². The summed E-state index contributed by atoms with van der Waals surface area (Å²) in [6.07, 6.45) is 1.17. The van der Waals surface area contributed by atoms with E-state index in [9.17, 15) is 0 Å². The Labute approximate surface area is 99.5 Å². The highest BCUT2D eigenvalue weighted by Crippen LogP contribution is 1.98. The van der Waals surface area contributed by atoms with Gasteiger partial charge in [0.25, 0.3) is 0 Å². The molecule has 0 radical (unpaired) electrons. The Hall–Kier alpha value is -0.860. The van der Waals surface area contributed by atoms with Gasteiger partial charge in [-0.05, 0) is 45.8 Å². The molecule has 0 aliphatic heterocycles. The molecule has 0 atom stereocenters. The number of nitrogens with one attached hydrogen (secondary N) is 2. The van der Waals surface area contributed by atoms with Crippen LogP contribution in [0.2, 0.25) is 0 Å². The lowest BCUT2D eigenvalue weighted by molar-refractivity contribution is 0.418. The minimum Gasteiger partial charge on any atom is -0.313 e. The second kappa shape index (κ2) is 6.66. The highest BCUT2D eigenvalue weighted by atomic mass is 14.9. The third-order valence-corrected chi connectivity index (χ3v) is 2.36. The normalized spacial score (nSPS) is 11.7. The fourth-order valence-corrected chi connectivity index (χ4v) is 1.51. The summed E-state index contributed by atoms with van der Waals surface area (Å²) in [5, 5.41) is 6.93. The molecule has 0 aliphatic rings. The van der Waals surface area contributed by atoms with Gasteiger partial charge in [0.2, 0.25) is 0 Å². The fourth-order valence-electron chi connectivity index (χ4n) is 1.51. The van der Waals surface area contributed by atoms with Gasteiger partial charge >= 0.3 is 0 Å². The van der Waals surface area contributed by atoms with Crippen molar-refractivity contribution < 1.29 is 0 Å². The van der Waals surface area contributed by atoms with Crippen LogP contribution in [0.3, 0.4) is 0 Å². The summed E-state index contributed by atoms with van der Waals surface area (Å²) in [6, 6.07) is 10.5. The van der Waals surface area contributed by atoms with Crippen LogP contribution in [0.15, 0.2) is 30.3 Å². The third-order valence-electron chi connectivity index (χ3n) is 2.36. The summed E-state index contributed by atoms with van der Waals surface area (Å²) >= 11 is 0. The highest BCUT2D eigenvalue weighted by molar-refractivity contribution is 5.14. The average Bonchev–Trinajstić information content (AvgIpc) is 2.23. The Morgan fingerprint density at radius 3 is 2.31 bits per heavy atom. The predicted octanol–water partition coefficient (Wildman–Crippen LogP) is 2.55. The topological polar surface area (TPSA) is 24.1 Å². The SMILES string of the molecule is CC(C)(C)NCCCNCc1ccccc1. The molecular weight excluding hydrogens is 196 g/mol. The van der Waals surface area contributed by atoms with Crippen LogP contribution in [-0.2, 0) is 6.54 Å². The van der Waals surface area contributed by atoms with Gasteiger partial charge in [-0.15, -0.1) is 0 Å². The quantitative estimate of drug-likeness (QED) is 0.720. The molecule has 0 fully saturated rings. The molecule has 0 amide bonds. The zero-order chi connectivity index (χ0) is 11.9. The van der Waals surface area contributed by atoms with Crippen LogP contribution in [0.5, 0.6) is 0 Å². The van der Waals surface area contributed by atoms with Crippen LogP contribution in [0, 0.1) is 0 Å². The van der Waals surface area contributed by atoms with Gasteiger partial charge in [0.15, 0.2) is 0 Å². The van der Waals surface area contributed by atoms with Gasteiger partial charge < -0.3 is 10.6 Å². The Morgan fingerprint density at radius 1 is 1.00 bits per heavy atom. The van der Waals surface area contributed by atoms with Crippen LogP contribution in [0.4, 0.5) is 0 Å². The lowest BCUT2D eigenvalue weighted by atomic mass is 10.1. The second-order valence-corrected chi connectivity index (χ2v) is 5.19. The summed E-state index contributed by atoms with van der Waals surface area (Å²) in [6.45, 7) is 9.71. The minimum atomic E-state index is 0.236.